The second-order valence-corrected chi connectivity index (χ2v) is 13.7. The molecule has 0 bridgehead atoms. The molecule has 0 fully saturated rings. The van der Waals surface area contributed by atoms with Crippen LogP contribution in [0.3, 0.4) is 0 Å². The predicted molar refractivity (Wildman–Crippen MR) is 197 cm³/mol. The molecule has 1 unspecified atom stereocenters. The van der Waals surface area contributed by atoms with E-state index in [1.165, 1.54) is 56.3 Å². The summed E-state index contributed by atoms with van der Waals surface area (Å²) in [5, 5.41) is 46.5. The monoisotopic (exact) mass is 775 g/mol. The molecule has 0 aliphatic rings. The van der Waals surface area contributed by atoms with E-state index in [4.69, 9.17) is 19.7 Å². The topological polar surface area (TPSA) is 249 Å². The van der Waals surface area contributed by atoms with Crippen LogP contribution in [0.15, 0.2) is 0 Å². The Hall–Kier alpha value is -3.83. The number of hydrogen-bond acceptors (Lipinski definition) is 12. The number of carbonyl (C=O) groups is 7. The summed E-state index contributed by atoms with van der Waals surface area (Å²) in [6.07, 6.45) is 16.8. The van der Waals surface area contributed by atoms with E-state index in [2.05, 4.69) is 6.92 Å². The molecule has 54 heavy (non-hydrogen) atoms. The van der Waals surface area contributed by atoms with Crippen LogP contribution >= 0.6 is 0 Å². The van der Waals surface area contributed by atoms with Gasteiger partial charge in [-0.15, -0.1) is 0 Å². The van der Waals surface area contributed by atoms with Crippen LogP contribution in [-0.2, 0) is 43.0 Å². The Balaban J connectivity index is 4.70. The molecule has 312 valence electrons. The number of hydrogen-bond donors (Lipinski definition) is 5. The zero-order valence-corrected chi connectivity index (χ0v) is 32.1. The first-order valence-electron chi connectivity index (χ1n) is 19.3. The Kier molecular flexibility index (Phi) is 30.3. The molecule has 5 N–H and O–H groups in total. The fraction of sp³-hybridized carbons (Fsp3) is 0.811. The van der Waals surface area contributed by atoms with E-state index in [9.17, 15) is 48.9 Å². The van der Waals surface area contributed by atoms with Crippen molar-refractivity contribution in [1.82, 2.24) is 14.7 Å². The van der Waals surface area contributed by atoms with Crippen LogP contribution in [0.4, 0.5) is 0 Å². The van der Waals surface area contributed by atoms with Crippen molar-refractivity contribution in [3.63, 3.8) is 0 Å². The molecular weight excluding hydrogens is 710 g/mol. The van der Waals surface area contributed by atoms with Crippen LogP contribution in [0.25, 0.3) is 0 Å². The largest absolute Gasteiger partial charge is 0.480 e. The van der Waals surface area contributed by atoms with Crippen molar-refractivity contribution in [2.24, 2.45) is 0 Å². The summed E-state index contributed by atoms with van der Waals surface area (Å²) in [5.74, 6) is -7.64. The molecule has 0 aliphatic carbocycles. The molecule has 0 amide bonds. The molecule has 17 nitrogen and oxygen atoms in total. The third-order valence-corrected chi connectivity index (χ3v) is 8.67. The normalized spacial score (nSPS) is 11.9. The Bertz CT molecular complexity index is 1070. The van der Waals surface area contributed by atoms with Gasteiger partial charge >= 0.3 is 41.8 Å². The summed E-state index contributed by atoms with van der Waals surface area (Å²) < 4.78 is 10.7. The van der Waals surface area contributed by atoms with E-state index in [1.807, 2.05) is 0 Å². The van der Waals surface area contributed by atoms with E-state index in [0.29, 0.717) is 32.3 Å². The van der Waals surface area contributed by atoms with Gasteiger partial charge in [0.15, 0.2) is 0 Å². The number of aliphatic carboxylic acids is 5. The Morgan fingerprint density at radius 1 is 0.463 bits per heavy atom. The van der Waals surface area contributed by atoms with Gasteiger partial charge in [0.05, 0.1) is 52.4 Å². The molecule has 0 aromatic heterocycles. The molecule has 0 radical (unpaired) electrons. The van der Waals surface area contributed by atoms with Crippen molar-refractivity contribution in [3.8, 4) is 0 Å². The summed E-state index contributed by atoms with van der Waals surface area (Å²) >= 11 is 0. The number of carboxylic acid groups (broad SMARTS) is 5. The van der Waals surface area contributed by atoms with Crippen LogP contribution < -0.4 is 0 Å². The highest BCUT2D eigenvalue weighted by molar-refractivity contribution is 5.74. The highest BCUT2D eigenvalue weighted by Gasteiger charge is 2.29. The third kappa shape index (κ3) is 31.7. The second kappa shape index (κ2) is 32.6. The van der Waals surface area contributed by atoms with E-state index in [-0.39, 0.29) is 32.2 Å². The quantitative estimate of drug-likeness (QED) is 0.0442. The van der Waals surface area contributed by atoms with Crippen molar-refractivity contribution in [3.05, 3.63) is 0 Å². The lowest BCUT2D eigenvalue weighted by Gasteiger charge is -2.33. The van der Waals surface area contributed by atoms with Gasteiger partial charge in [0, 0.05) is 32.1 Å². The van der Waals surface area contributed by atoms with Crippen LogP contribution in [-0.4, -0.2) is 154 Å². The number of carbonyl (C=O) groups excluding carboxylic acids is 2. The van der Waals surface area contributed by atoms with Crippen LogP contribution in [0, 0.1) is 0 Å². The number of ether oxygens (including phenoxy) is 2. The molecule has 0 aromatic carbocycles. The maximum atomic E-state index is 12.8. The SMILES string of the molecule is CCCCCCCCCCCCCOC(=O)CCCCCCCOC(=O)CC(CN(CCN(CC(=O)O)CC(=O)O)CC(=O)O)N(CC(=O)O)CC(=O)O. The smallest absolute Gasteiger partial charge is 0.317 e. The first kappa shape index (κ1) is 50.2. The van der Waals surface area contributed by atoms with Gasteiger partial charge in [0.2, 0.25) is 0 Å². The molecule has 17 heteroatoms. The first-order chi connectivity index (χ1) is 25.7. The Labute approximate surface area is 318 Å². The van der Waals surface area contributed by atoms with Crippen LogP contribution in [0.5, 0.6) is 0 Å². The fourth-order valence-electron chi connectivity index (χ4n) is 5.94. The van der Waals surface area contributed by atoms with Gasteiger partial charge < -0.3 is 35.0 Å². The van der Waals surface area contributed by atoms with E-state index in [0.717, 1.165) is 41.9 Å². The van der Waals surface area contributed by atoms with Gasteiger partial charge in [-0.25, -0.2) is 0 Å². The van der Waals surface area contributed by atoms with Gasteiger partial charge in [0.25, 0.3) is 0 Å². The molecule has 0 spiro atoms. The molecule has 0 saturated heterocycles. The molecule has 0 heterocycles. The van der Waals surface area contributed by atoms with Crippen molar-refractivity contribution in [2.75, 3.05) is 65.6 Å². The van der Waals surface area contributed by atoms with Crippen molar-refractivity contribution >= 4 is 41.8 Å². The number of esters is 2. The zero-order valence-electron chi connectivity index (χ0n) is 32.1. The number of carboxylic acids is 5. The summed E-state index contributed by atoms with van der Waals surface area (Å²) in [5.41, 5.74) is 0. The minimum Gasteiger partial charge on any atom is -0.480 e. The number of nitrogens with zero attached hydrogens (tertiary/aromatic N) is 3. The zero-order chi connectivity index (χ0) is 40.6. The minimum atomic E-state index is -1.38. The summed E-state index contributed by atoms with van der Waals surface area (Å²) in [7, 11) is 0. The summed E-state index contributed by atoms with van der Waals surface area (Å²) in [6.45, 7) is -1.43. The minimum absolute atomic E-state index is 0.0442. The van der Waals surface area contributed by atoms with Crippen molar-refractivity contribution < 1.29 is 68.6 Å². The third-order valence-electron chi connectivity index (χ3n) is 8.67. The average molecular weight is 776 g/mol. The summed E-state index contributed by atoms with van der Waals surface area (Å²) in [4.78, 5) is 85.2. The van der Waals surface area contributed by atoms with E-state index < -0.39 is 81.0 Å². The first-order valence-corrected chi connectivity index (χ1v) is 19.3. The molecule has 0 rings (SSSR count). The van der Waals surface area contributed by atoms with Crippen molar-refractivity contribution in [1.29, 1.82) is 0 Å². The maximum absolute atomic E-state index is 12.8. The van der Waals surface area contributed by atoms with Crippen molar-refractivity contribution in [2.45, 2.75) is 129 Å². The van der Waals surface area contributed by atoms with Gasteiger partial charge in [0.1, 0.15) is 0 Å². The highest BCUT2D eigenvalue weighted by Crippen LogP contribution is 2.13. The molecule has 0 saturated carbocycles. The molecular formula is C37H65N3O14. The van der Waals surface area contributed by atoms with Crippen LogP contribution in [0.2, 0.25) is 0 Å². The lowest BCUT2D eigenvalue weighted by molar-refractivity contribution is -0.150. The average Bonchev–Trinajstić information content (AvgIpc) is 3.07. The Morgan fingerprint density at radius 2 is 0.833 bits per heavy atom. The highest BCUT2D eigenvalue weighted by atomic mass is 16.5. The summed E-state index contributed by atoms with van der Waals surface area (Å²) in [6, 6.07) is -1.12. The van der Waals surface area contributed by atoms with Gasteiger partial charge in [-0.05, 0) is 19.3 Å². The predicted octanol–water partition coefficient (Wildman–Crippen LogP) is 3.81. The number of rotatable bonds is 38. The lowest BCUT2D eigenvalue weighted by atomic mass is 10.1. The Morgan fingerprint density at radius 3 is 1.28 bits per heavy atom. The number of unbranched alkanes of at least 4 members (excludes halogenated alkanes) is 14. The van der Waals surface area contributed by atoms with Gasteiger partial charge in [-0.2, -0.15) is 0 Å². The van der Waals surface area contributed by atoms with Crippen LogP contribution in [0.1, 0.15) is 122 Å². The fourth-order valence-corrected chi connectivity index (χ4v) is 5.94. The second-order valence-electron chi connectivity index (χ2n) is 13.7. The van der Waals surface area contributed by atoms with Gasteiger partial charge in [-0.1, -0.05) is 90.4 Å². The van der Waals surface area contributed by atoms with Gasteiger partial charge in [-0.3, -0.25) is 48.3 Å². The lowest BCUT2D eigenvalue weighted by Crippen LogP contribution is -2.51. The molecule has 1 atom stereocenters. The standard InChI is InChI=1S/C37H65N3O14/c1-2-3-4-5-6-7-8-9-10-13-16-21-53-36(51)18-15-12-11-14-17-22-54-37(52)23-30(40(28-34(47)48)29-35(49)50)24-38(25-31(41)42)19-20-39(26-32(43)44)27-33(45)46/h30H,2-29H2,1H3,(H,41,42)(H,43,44)(H,45,46)(H,47,48)(H,49,50). The van der Waals surface area contributed by atoms with E-state index in [1.54, 1.807) is 0 Å². The molecule has 0 aliphatic heterocycles. The van der Waals surface area contributed by atoms with E-state index >= 15 is 0 Å². The maximum Gasteiger partial charge on any atom is 0.317 e. The molecule has 0 aromatic rings.